The van der Waals surface area contributed by atoms with Gasteiger partial charge in [-0.3, -0.25) is 14.7 Å². The van der Waals surface area contributed by atoms with Crippen LogP contribution < -0.4 is 5.32 Å². The van der Waals surface area contributed by atoms with E-state index in [1.165, 1.54) is 0 Å². The lowest BCUT2D eigenvalue weighted by molar-refractivity contribution is -0.142. The van der Waals surface area contributed by atoms with Gasteiger partial charge in [0.2, 0.25) is 11.8 Å². The van der Waals surface area contributed by atoms with Crippen molar-refractivity contribution in [1.82, 2.24) is 24.9 Å². The zero-order chi connectivity index (χ0) is 28.9. The van der Waals surface area contributed by atoms with E-state index in [9.17, 15) is 14.4 Å². The molecular formula is C31H37ClN6O3. The van der Waals surface area contributed by atoms with Crippen molar-refractivity contribution < 1.29 is 14.4 Å². The van der Waals surface area contributed by atoms with Crippen LogP contribution in [0.25, 0.3) is 10.9 Å². The predicted molar refractivity (Wildman–Crippen MR) is 158 cm³/mol. The van der Waals surface area contributed by atoms with E-state index >= 15 is 0 Å². The van der Waals surface area contributed by atoms with Crippen LogP contribution in [0, 0.1) is 11.3 Å². The first-order valence-corrected chi connectivity index (χ1v) is 14.8. The monoisotopic (exact) mass is 576 g/mol. The molecule has 4 amide bonds. The molecule has 1 unspecified atom stereocenters. The maximum absolute atomic E-state index is 13.9. The zero-order valence-corrected chi connectivity index (χ0v) is 24.6. The van der Waals surface area contributed by atoms with Crippen LogP contribution in [0.4, 0.5) is 10.5 Å². The quantitative estimate of drug-likeness (QED) is 0.446. The third kappa shape index (κ3) is 5.52. The van der Waals surface area contributed by atoms with E-state index in [-0.39, 0.29) is 35.7 Å². The van der Waals surface area contributed by atoms with Gasteiger partial charge in [-0.25, -0.2) is 4.79 Å². The Bertz CT molecular complexity index is 1500. The zero-order valence-electron chi connectivity index (χ0n) is 23.9. The Morgan fingerprint density at radius 2 is 1.85 bits per heavy atom. The van der Waals surface area contributed by atoms with Gasteiger partial charge < -0.3 is 20.0 Å². The Morgan fingerprint density at radius 1 is 1.10 bits per heavy atom. The fourth-order valence-corrected chi connectivity index (χ4v) is 6.86. The molecule has 0 radical (unpaired) electrons. The second-order valence-electron chi connectivity index (χ2n) is 12.8. The maximum atomic E-state index is 13.9. The number of rotatable bonds is 4. The standard InChI is InChI=1S/C31H37ClN6O3/c1-31(2,3)18-37-17-24-20(13-25(32)28-23(24)15-33-35-28)12-21(29(37)40)14-27(39)36-10-8-22(9-11-36)38-16-19-6-4-5-7-26(19)34-30(38)41/h4-7,13,15,21-22H,8-12,14,16-18H2,1-3H3,(H,33,35)(H,34,41). The van der Waals surface area contributed by atoms with Gasteiger partial charge >= 0.3 is 6.03 Å². The lowest BCUT2D eigenvalue weighted by Gasteiger charge is -2.41. The number of amides is 4. The number of H-pyrrole nitrogens is 1. The summed E-state index contributed by atoms with van der Waals surface area (Å²) in [6, 6.07) is 9.78. The average Bonchev–Trinajstić information content (AvgIpc) is 3.39. The molecular weight excluding hydrogens is 540 g/mol. The molecule has 0 saturated carbocycles. The molecule has 41 heavy (non-hydrogen) atoms. The number of likely N-dealkylation sites (tertiary alicyclic amines) is 1. The molecule has 4 heterocycles. The summed E-state index contributed by atoms with van der Waals surface area (Å²) in [5.41, 5.74) is 4.70. The van der Waals surface area contributed by atoms with Crippen LogP contribution >= 0.6 is 11.6 Å². The lowest BCUT2D eigenvalue weighted by Crippen LogP contribution is -2.51. The molecule has 2 N–H and O–H groups in total. The number of para-hydroxylation sites is 1. The SMILES string of the molecule is CC(C)(C)CN1Cc2c(cc(Cl)c3[nH]ncc23)CC(CC(=O)N2CCC(N3Cc4ccccc4NC3=O)CC2)C1=O. The van der Waals surface area contributed by atoms with Gasteiger partial charge in [-0.2, -0.15) is 5.10 Å². The van der Waals surface area contributed by atoms with Crippen molar-refractivity contribution in [2.24, 2.45) is 11.3 Å². The van der Waals surface area contributed by atoms with Crippen molar-refractivity contribution in [1.29, 1.82) is 0 Å². The number of aromatic amines is 1. The summed E-state index contributed by atoms with van der Waals surface area (Å²) >= 11 is 6.58. The van der Waals surface area contributed by atoms with E-state index in [1.54, 1.807) is 6.20 Å². The first-order valence-electron chi connectivity index (χ1n) is 14.4. The number of urea groups is 1. The molecule has 0 spiro atoms. The Morgan fingerprint density at radius 3 is 2.61 bits per heavy atom. The van der Waals surface area contributed by atoms with E-state index in [2.05, 4.69) is 36.3 Å². The number of nitrogens with one attached hydrogen (secondary N) is 2. The molecule has 10 heteroatoms. The van der Waals surface area contributed by atoms with Crippen molar-refractivity contribution in [3.8, 4) is 0 Å². The third-order valence-corrected chi connectivity index (χ3v) is 8.87. The Hall–Kier alpha value is -3.59. The molecule has 9 nitrogen and oxygen atoms in total. The van der Waals surface area contributed by atoms with Crippen LogP contribution in [0.2, 0.25) is 5.02 Å². The summed E-state index contributed by atoms with van der Waals surface area (Å²) in [4.78, 5) is 46.0. The molecule has 1 saturated heterocycles. The van der Waals surface area contributed by atoms with E-state index < -0.39 is 5.92 Å². The number of benzene rings is 2. The fraction of sp³-hybridized carbons (Fsp3) is 0.484. The topological polar surface area (TPSA) is 102 Å². The number of piperidine rings is 1. The van der Waals surface area contributed by atoms with Crippen molar-refractivity contribution in [2.75, 3.05) is 25.0 Å². The fourth-order valence-electron chi connectivity index (χ4n) is 6.58. The number of hydrogen-bond donors (Lipinski definition) is 2. The molecule has 1 fully saturated rings. The van der Waals surface area contributed by atoms with E-state index in [4.69, 9.17) is 11.6 Å². The molecule has 1 aromatic heterocycles. The highest BCUT2D eigenvalue weighted by molar-refractivity contribution is 6.35. The van der Waals surface area contributed by atoms with Gasteiger partial charge in [0.25, 0.3) is 0 Å². The first kappa shape index (κ1) is 27.6. The molecule has 2 aromatic carbocycles. The molecule has 3 aromatic rings. The van der Waals surface area contributed by atoms with Crippen LogP contribution in [0.3, 0.4) is 0 Å². The van der Waals surface area contributed by atoms with Crippen LogP contribution in [0.1, 0.15) is 56.7 Å². The van der Waals surface area contributed by atoms with Crippen molar-refractivity contribution >= 4 is 46.0 Å². The van der Waals surface area contributed by atoms with Gasteiger partial charge in [-0.15, -0.1) is 0 Å². The summed E-state index contributed by atoms with van der Waals surface area (Å²) in [7, 11) is 0. The summed E-state index contributed by atoms with van der Waals surface area (Å²) in [5, 5.41) is 11.7. The highest BCUT2D eigenvalue weighted by Crippen LogP contribution is 2.35. The van der Waals surface area contributed by atoms with Crippen molar-refractivity contribution in [3.05, 3.63) is 58.2 Å². The smallest absolute Gasteiger partial charge is 0.322 e. The van der Waals surface area contributed by atoms with Gasteiger partial charge in [-0.05, 0) is 53.5 Å². The number of anilines is 1. The summed E-state index contributed by atoms with van der Waals surface area (Å²) < 4.78 is 0. The van der Waals surface area contributed by atoms with E-state index in [0.717, 1.165) is 33.3 Å². The number of fused-ring (bicyclic) bond motifs is 4. The van der Waals surface area contributed by atoms with Gasteiger partial charge in [0.15, 0.2) is 0 Å². The highest BCUT2D eigenvalue weighted by Gasteiger charge is 2.37. The van der Waals surface area contributed by atoms with E-state index in [1.807, 2.05) is 45.0 Å². The van der Waals surface area contributed by atoms with Gasteiger partial charge in [0.05, 0.1) is 22.7 Å². The predicted octanol–water partition coefficient (Wildman–Crippen LogP) is 5.19. The van der Waals surface area contributed by atoms with Crippen LogP contribution in [-0.2, 0) is 29.1 Å². The van der Waals surface area contributed by atoms with Gasteiger partial charge in [-0.1, -0.05) is 50.6 Å². The van der Waals surface area contributed by atoms with Crippen molar-refractivity contribution in [3.63, 3.8) is 0 Å². The molecule has 0 bridgehead atoms. The minimum Gasteiger partial charge on any atom is -0.343 e. The number of hydrogen-bond acceptors (Lipinski definition) is 4. The maximum Gasteiger partial charge on any atom is 0.322 e. The normalized spacial score (nSPS) is 20.1. The van der Waals surface area contributed by atoms with Crippen LogP contribution in [-0.4, -0.2) is 68.4 Å². The second-order valence-corrected chi connectivity index (χ2v) is 13.2. The highest BCUT2D eigenvalue weighted by atomic mass is 35.5. The number of halogens is 1. The average molecular weight is 577 g/mol. The van der Waals surface area contributed by atoms with Gasteiger partial charge in [0, 0.05) is 56.3 Å². The molecule has 0 aliphatic carbocycles. The lowest BCUT2D eigenvalue weighted by atomic mass is 9.91. The van der Waals surface area contributed by atoms with Crippen LogP contribution in [0.15, 0.2) is 36.5 Å². The minimum atomic E-state index is -0.464. The Labute approximate surface area is 245 Å². The molecule has 3 aliphatic heterocycles. The summed E-state index contributed by atoms with van der Waals surface area (Å²) in [5.74, 6) is -0.464. The summed E-state index contributed by atoms with van der Waals surface area (Å²) in [6.45, 7) is 9.12. The minimum absolute atomic E-state index is 0.00936. The molecule has 216 valence electrons. The van der Waals surface area contributed by atoms with E-state index in [0.29, 0.717) is 57.0 Å². The Balaban J connectivity index is 1.16. The number of aromatic nitrogens is 2. The number of carbonyl (C=O) groups excluding carboxylic acids is 3. The largest absolute Gasteiger partial charge is 0.343 e. The third-order valence-electron chi connectivity index (χ3n) is 8.57. The van der Waals surface area contributed by atoms with Gasteiger partial charge in [0.1, 0.15) is 0 Å². The number of carbonyl (C=O) groups is 3. The Kier molecular flexibility index (Phi) is 7.18. The van der Waals surface area contributed by atoms with Crippen molar-refractivity contribution in [2.45, 2.75) is 65.6 Å². The van der Waals surface area contributed by atoms with Crippen LogP contribution in [0.5, 0.6) is 0 Å². The number of nitrogens with zero attached hydrogens (tertiary/aromatic N) is 4. The molecule has 1 atom stereocenters. The molecule has 3 aliphatic rings. The summed E-state index contributed by atoms with van der Waals surface area (Å²) in [6.07, 6.45) is 3.82. The second kappa shape index (κ2) is 10.7. The first-order chi connectivity index (χ1) is 19.6. The molecule has 6 rings (SSSR count).